The normalized spacial score (nSPS) is 12.8. The van der Waals surface area contributed by atoms with Crippen LogP contribution < -0.4 is 24.5 Å². The molecule has 3 aromatic carbocycles. The number of rotatable bonds is 12. The van der Waals surface area contributed by atoms with Gasteiger partial charge in [-0.1, -0.05) is 30.3 Å². The van der Waals surface area contributed by atoms with E-state index in [2.05, 4.69) is 15.8 Å². The summed E-state index contributed by atoms with van der Waals surface area (Å²) >= 11 is 0. The molecule has 2 amide bonds. The van der Waals surface area contributed by atoms with E-state index in [1.54, 1.807) is 48.5 Å². The number of nitrogens with one attached hydrogen (secondary N) is 2. The lowest BCUT2D eigenvalue weighted by atomic mass is 10.1. The molecule has 0 aliphatic carbocycles. The summed E-state index contributed by atoms with van der Waals surface area (Å²) < 4.78 is 36.5. The van der Waals surface area contributed by atoms with E-state index >= 15 is 0 Å². The molecule has 0 aliphatic rings. The zero-order valence-corrected chi connectivity index (χ0v) is 23.0. The van der Waals surface area contributed by atoms with Crippen LogP contribution in [0.5, 0.6) is 11.5 Å². The maximum Gasteiger partial charge on any atom is 0.263 e. The van der Waals surface area contributed by atoms with Crippen molar-refractivity contribution in [3.63, 3.8) is 0 Å². The van der Waals surface area contributed by atoms with Gasteiger partial charge in [0.1, 0.15) is 17.5 Å². The van der Waals surface area contributed by atoms with Crippen molar-refractivity contribution in [2.75, 3.05) is 24.3 Å². The van der Waals surface area contributed by atoms with Gasteiger partial charge in [0.2, 0.25) is 10.0 Å². The fraction of sp³-hybridized carbons (Fsp3) is 0.250. The molecule has 39 heavy (non-hydrogen) atoms. The van der Waals surface area contributed by atoms with Crippen LogP contribution in [0.4, 0.5) is 5.69 Å². The number of hydrogen-bond donors (Lipinski definition) is 2. The first-order chi connectivity index (χ1) is 18.6. The molecule has 2 N–H and O–H groups in total. The molecule has 0 saturated heterocycles. The highest BCUT2D eigenvalue weighted by atomic mass is 32.2. The van der Waals surface area contributed by atoms with Crippen molar-refractivity contribution >= 4 is 33.7 Å². The topological polar surface area (TPSA) is 126 Å². The monoisotopic (exact) mass is 552 g/mol. The van der Waals surface area contributed by atoms with E-state index in [1.165, 1.54) is 20.2 Å². The van der Waals surface area contributed by atoms with Crippen molar-refractivity contribution in [1.82, 2.24) is 10.7 Å². The average Bonchev–Trinajstić information content (AvgIpc) is 2.92. The van der Waals surface area contributed by atoms with Crippen molar-refractivity contribution in [2.45, 2.75) is 25.9 Å². The zero-order chi connectivity index (χ0) is 28.4. The second-order valence-corrected chi connectivity index (χ2v) is 10.6. The summed E-state index contributed by atoms with van der Waals surface area (Å²) in [5.41, 5.74) is 4.36. The highest BCUT2D eigenvalue weighted by Crippen LogP contribution is 2.24. The van der Waals surface area contributed by atoms with Gasteiger partial charge in [0.25, 0.3) is 11.8 Å². The predicted molar refractivity (Wildman–Crippen MR) is 150 cm³/mol. The number of carbonyl (C=O) groups excluding carboxylic acids is 2. The molecule has 0 fully saturated rings. The van der Waals surface area contributed by atoms with Gasteiger partial charge >= 0.3 is 0 Å². The Balaban J connectivity index is 1.52. The van der Waals surface area contributed by atoms with E-state index < -0.39 is 22.0 Å². The van der Waals surface area contributed by atoms with E-state index in [9.17, 15) is 18.0 Å². The van der Waals surface area contributed by atoms with E-state index in [0.29, 0.717) is 22.7 Å². The minimum atomic E-state index is -3.76. The van der Waals surface area contributed by atoms with Gasteiger partial charge in [-0.3, -0.25) is 13.9 Å². The van der Waals surface area contributed by atoms with Crippen LogP contribution in [0.3, 0.4) is 0 Å². The van der Waals surface area contributed by atoms with Crippen molar-refractivity contribution in [3.8, 4) is 11.5 Å². The van der Waals surface area contributed by atoms with E-state index in [0.717, 1.165) is 16.1 Å². The van der Waals surface area contributed by atoms with Crippen LogP contribution in [-0.4, -0.2) is 52.5 Å². The maximum absolute atomic E-state index is 12.7. The lowest BCUT2D eigenvalue weighted by Gasteiger charge is -2.27. The molecule has 10 nitrogen and oxygen atoms in total. The van der Waals surface area contributed by atoms with Crippen molar-refractivity contribution in [1.29, 1.82) is 0 Å². The van der Waals surface area contributed by atoms with Crippen LogP contribution in [0.15, 0.2) is 84.0 Å². The van der Waals surface area contributed by atoms with Crippen molar-refractivity contribution in [2.24, 2.45) is 5.10 Å². The first-order valence-electron chi connectivity index (χ1n) is 12.1. The highest BCUT2D eigenvalue weighted by molar-refractivity contribution is 7.92. The second-order valence-electron chi connectivity index (χ2n) is 8.72. The number of amides is 2. The molecule has 0 unspecified atom stereocenters. The Bertz CT molecular complexity index is 1380. The van der Waals surface area contributed by atoms with Gasteiger partial charge in [-0.15, -0.1) is 0 Å². The molecule has 0 aromatic heterocycles. The lowest BCUT2D eigenvalue weighted by Crippen LogP contribution is -2.46. The molecule has 0 spiro atoms. The van der Waals surface area contributed by atoms with Gasteiger partial charge in [-0.05, 0) is 73.5 Å². The lowest BCUT2D eigenvalue weighted by molar-refractivity contribution is -0.124. The number of carbonyl (C=O) groups is 2. The first kappa shape index (κ1) is 29.2. The third kappa shape index (κ3) is 8.57. The molecule has 0 bridgehead atoms. The molecule has 206 valence electrons. The summed E-state index contributed by atoms with van der Waals surface area (Å²) in [5, 5.41) is 6.83. The Kier molecular flexibility index (Phi) is 10.0. The van der Waals surface area contributed by atoms with Crippen LogP contribution in [0.25, 0.3) is 0 Å². The molecule has 0 radical (unpaired) electrons. The summed E-state index contributed by atoms with van der Waals surface area (Å²) in [4.78, 5) is 24.9. The van der Waals surface area contributed by atoms with Crippen LogP contribution in [0.1, 0.15) is 31.0 Å². The van der Waals surface area contributed by atoms with E-state index in [-0.39, 0.29) is 18.6 Å². The third-order valence-corrected chi connectivity index (χ3v) is 6.97. The summed E-state index contributed by atoms with van der Waals surface area (Å²) in [5.74, 6) is 0.205. The van der Waals surface area contributed by atoms with Crippen LogP contribution in [0.2, 0.25) is 0 Å². The van der Waals surface area contributed by atoms with E-state index in [1.807, 2.05) is 37.3 Å². The summed E-state index contributed by atoms with van der Waals surface area (Å²) in [6.45, 7) is 3.24. The average molecular weight is 553 g/mol. The molecule has 0 saturated carbocycles. The van der Waals surface area contributed by atoms with Crippen LogP contribution in [-0.2, 0) is 19.6 Å². The minimum absolute atomic E-state index is 0.135. The van der Waals surface area contributed by atoms with Gasteiger partial charge in [-0.2, -0.15) is 5.10 Å². The SMILES string of the molecule is COc1ccc(N([C@H](C)C(=O)N/N=C\c2ccc(OCC(=O)N[C@@H](C)c3ccccc3)cc2)S(C)(=O)=O)cc1. The van der Waals surface area contributed by atoms with Gasteiger partial charge in [0.15, 0.2) is 6.61 Å². The summed E-state index contributed by atoms with van der Waals surface area (Å²) in [6.07, 6.45) is 2.45. The van der Waals surface area contributed by atoms with Crippen LogP contribution in [0, 0.1) is 0 Å². The Morgan fingerprint density at radius 1 is 0.949 bits per heavy atom. The molecule has 3 aromatic rings. The Hall–Kier alpha value is -4.38. The standard InChI is InChI=1S/C28H32N4O6S/c1-20(23-8-6-5-7-9-23)30-27(33)19-38-26-14-10-22(11-15-26)18-29-31-28(34)21(2)32(39(4,35)36)24-12-16-25(37-3)17-13-24/h5-18,20-21H,19H2,1-4H3,(H,30,33)(H,31,34)/b29-18-/t20-,21+/m0/s1. The number of methoxy groups -OCH3 is 1. The van der Waals surface area contributed by atoms with Gasteiger partial charge in [0, 0.05) is 0 Å². The molecule has 0 heterocycles. The molecule has 2 atom stereocenters. The van der Waals surface area contributed by atoms with Gasteiger partial charge in [-0.25, -0.2) is 13.8 Å². The van der Waals surface area contributed by atoms with Crippen molar-refractivity contribution in [3.05, 3.63) is 90.0 Å². The smallest absolute Gasteiger partial charge is 0.263 e. The van der Waals surface area contributed by atoms with Crippen molar-refractivity contribution < 1.29 is 27.5 Å². The molecule has 0 aliphatic heterocycles. The highest BCUT2D eigenvalue weighted by Gasteiger charge is 2.29. The fourth-order valence-corrected chi connectivity index (χ4v) is 4.88. The van der Waals surface area contributed by atoms with E-state index in [4.69, 9.17) is 9.47 Å². The quantitative estimate of drug-likeness (QED) is 0.262. The summed E-state index contributed by atoms with van der Waals surface area (Å²) in [7, 11) is -2.25. The largest absolute Gasteiger partial charge is 0.497 e. The second kappa shape index (κ2) is 13.4. The Morgan fingerprint density at radius 3 is 2.15 bits per heavy atom. The first-order valence-corrected chi connectivity index (χ1v) is 14.0. The molecular formula is C28H32N4O6S. The number of nitrogens with zero attached hydrogens (tertiary/aromatic N) is 2. The molecule has 11 heteroatoms. The number of sulfonamides is 1. The Labute approximate surface area is 228 Å². The van der Waals surface area contributed by atoms with Gasteiger partial charge < -0.3 is 14.8 Å². The minimum Gasteiger partial charge on any atom is -0.497 e. The molecular weight excluding hydrogens is 520 g/mol. The number of anilines is 1. The number of ether oxygens (including phenoxy) is 2. The maximum atomic E-state index is 12.7. The fourth-order valence-electron chi connectivity index (χ4n) is 3.71. The Morgan fingerprint density at radius 2 is 1.56 bits per heavy atom. The third-order valence-electron chi connectivity index (χ3n) is 5.73. The number of hydrogen-bond acceptors (Lipinski definition) is 7. The van der Waals surface area contributed by atoms with Crippen LogP contribution >= 0.6 is 0 Å². The van der Waals surface area contributed by atoms with Gasteiger partial charge in [0.05, 0.1) is 31.3 Å². The summed E-state index contributed by atoms with van der Waals surface area (Å²) in [6, 6.07) is 21.5. The molecule has 3 rings (SSSR count). The number of benzene rings is 3. The predicted octanol–water partition coefficient (Wildman–Crippen LogP) is 3.26. The number of hydrazone groups is 1. The zero-order valence-electron chi connectivity index (χ0n) is 22.2.